The number of aliphatic hydroxyl groups is 1. The van der Waals surface area contributed by atoms with Crippen LogP contribution >= 0.6 is 0 Å². The van der Waals surface area contributed by atoms with Crippen LogP contribution in [0.3, 0.4) is 0 Å². The minimum atomic E-state index is -1.03. The number of carboxylic acid groups (broad SMARTS) is 1. The second kappa shape index (κ2) is 13.6. The van der Waals surface area contributed by atoms with Crippen molar-refractivity contribution in [1.29, 1.82) is 0 Å². The first kappa shape index (κ1) is 31.9. The number of hydrogen-bond acceptors (Lipinski definition) is 6. The van der Waals surface area contributed by atoms with Crippen molar-refractivity contribution in [2.45, 2.75) is 101 Å². The maximum atomic E-state index is 13.9. The molecule has 0 radical (unpaired) electrons. The Labute approximate surface area is 259 Å². The summed E-state index contributed by atoms with van der Waals surface area (Å²) < 4.78 is 0. The van der Waals surface area contributed by atoms with Crippen molar-refractivity contribution in [2.24, 2.45) is 0 Å². The number of carbonyl (C=O) groups excluding carboxylic acids is 3. The molecule has 2 amide bonds. The van der Waals surface area contributed by atoms with Gasteiger partial charge in [-0.1, -0.05) is 75.4 Å². The van der Waals surface area contributed by atoms with Crippen LogP contribution in [-0.2, 0) is 16.1 Å². The van der Waals surface area contributed by atoms with Crippen molar-refractivity contribution in [1.82, 2.24) is 15.1 Å². The summed E-state index contributed by atoms with van der Waals surface area (Å²) in [7, 11) is 0. The number of amides is 2. The fourth-order valence-corrected chi connectivity index (χ4v) is 7.15. The van der Waals surface area contributed by atoms with Gasteiger partial charge < -0.3 is 20.4 Å². The normalized spacial score (nSPS) is 22.0. The molecule has 2 aromatic rings. The third kappa shape index (κ3) is 6.89. The lowest BCUT2D eigenvalue weighted by Gasteiger charge is -2.52. The number of nitrogens with one attached hydrogen (secondary N) is 1. The first-order valence-electron chi connectivity index (χ1n) is 16.2. The molecule has 5 rings (SSSR count). The maximum Gasteiger partial charge on any atom is 0.335 e. The molecule has 1 spiro atoms. The van der Waals surface area contributed by atoms with Gasteiger partial charge in [0.05, 0.1) is 11.2 Å². The second-order valence-corrected chi connectivity index (χ2v) is 12.9. The van der Waals surface area contributed by atoms with Crippen molar-refractivity contribution < 1.29 is 29.4 Å². The van der Waals surface area contributed by atoms with Crippen LogP contribution in [0.4, 0.5) is 0 Å². The number of benzene rings is 2. The smallest absolute Gasteiger partial charge is 0.335 e. The lowest BCUT2D eigenvalue weighted by Crippen LogP contribution is -2.73. The molecule has 44 heavy (non-hydrogen) atoms. The second-order valence-electron chi connectivity index (χ2n) is 12.9. The van der Waals surface area contributed by atoms with E-state index in [2.05, 4.69) is 17.1 Å². The number of piperazine rings is 1. The monoisotopic (exact) mass is 603 g/mol. The Bertz CT molecular complexity index is 1340. The highest BCUT2D eigenvalue weighted by Gasteiger charge is 2.54. The molecule has 2 aliphatic heterocycles. The fraction of sp³-hybridized carbons (Fsp3) is 0.543. The van der Waals surface area contributed by atoms with E-state index in [1.807, 2.05) is 17.0 Å². The minimum absolute atomic E-state index is 0.0537. The summed E-state index contributed by atoms with van der Waals surface area (Å²) in [6, 6.07) is 12.7. The molecule has 2 saturated heterocycles. The quantitative estimate of drug-likeness (QED) is 0.269. The van der Waals surface area contributed by atoms with Gasteiger partial charge in [0.2, 0.25) is 11.8 Å². The summed E-state index contributed by atoms with van der Waals surface area (Å²) in [5, 5.41) is 23.5. The Morgan fingerprint density at radius 1 is 0.864 bits per heavy atom. The van der Waals surface area contributed by atoms with Crippen molar-refractivity contribution in [3.05, 3.63) is 70.8 Å². The van der Waals surface area contributed by atoms with E-state index in [1.165, 1.54) is 24.3 Å². The number of aromatic carboxylic acids is 1. The van der Waals surface area contributed by atoms with Crippen LogP contribution in [0, 0.1) is 0 Å². The van der Waals surface area contributed by atoms with Crippen LogP contribution in [0.15, 0.2) is 48.5 Å². The molecule has 2 heterocycles. The summed E-state index contributed by atoms with van der Waals surface area (Å²) in [6.07, 6.45) is 8.60. The van der Waals surface area contributed by atoms with Crippen molar-refractivity contribution in [3.8, 4) is 0 Å². The lowest BCUT2D eigenvalue weighted by atomic mass is 9.79. The average Bonchev–Trinajstić information content (AvgIpc) is 3.25. The van der Waals surface area contributed by atoms with Gasteiger partial charge in [0.25, 0.3) is 0 Å². The van der Waals surface area contributed by atoms with Crippen LogP contribution in [0.5, 0.6) is 0 Å². The molecule has 0 unspecified atom stereocenters. The first-order valence-corrected chi connectivity index (χ1v) is 16.2. The van der Waals surface area contributed by atoms with E-state index < -0.39 is 23.2 Å². The highest BCUT2D eigenvalue weighted by atomic mass is 16.4. The van der Waals surface area contributed by atoms with Crippen LogP contribution in [0.1, 0.15) is 109 Å². The zero-order valence-corrected chi connectivity index (χ0v) is 25.7. The minimum Gasteiger partial charge on any atom is -0.478 e. The Hall–Kier alpha value is -3.56. The standard InChI is InChI=1S/C35H45N3O6/c1-2-3-20-38-31(40)29(23-34(44)16-6-4-5-7-17-34)36-33(43)35(38)18-21-37(22-19-35)24-25-8-10-26(11-9-25)30(39)27-12-14-28(15-13-27)32(41)42/h8-15,29,44H,2-7,16-24H2,1H3,(H,36,43)(H,41,42)/t29-/m1/s1. The zero-order valence-electron chi connectivity index (χ0n) is 25.7. The van der Waals surface area contributed by atoms with Crippen LogP contribution in [0.2, 0.25) is 0 Å². The Morgan fingerprint density at radius 3 is 2.00 bits per heavy atom. The maximum absolute atomic E-state index is 13.9. The van der Waals surface area contributed by atoms with Gasteiger partial charge in [-0.05, 0) is 49.8 Å². The number of ketones is 1. The molecule has 1 atom stereocenters. The van der Waals surface area contributed by atoms with Crippen molar-refractivity contribution in [2.75, 3.05) is 19.6 Å². The molecule has 9 heteroatoms. The van der Waals surface area contributed by atoms with Gasteiger partial charge in [0.1, 0.15) is 11.6 Å². The van der Waals surface area contributed by atoms with E-state index in [4.69, 9.17) is 5.11 Å². The van der Waals surface area contributed by atoms with Gasteiger partial charge in [-0.25, -0.2) is 4.79 Å². The van der Waals surface area contributed by atoms with Gasteiger partial charge in [0.15, 0.2) is 5.78 Å². The van der Waals surface area contributed by atoms with Crippen molar-refractivity contribution >= 4 is 23.6 Å². The molecule has 2 aromatic carbocycles. The van der Waals surface area contributed by atoms with E-state index in [0.717, 1.165) is 44.1 Å². The van der Waals surface area contributed by atoms with Gasteiger partial charge in [-0.3, -0.25) is 19.3 Å². The van der Waals surface area contributed by atoms with Crippen LogP contribution in [0.25, 0.3) is 0 Å². The highest BCUT2D eigenvalue weighted by Crippen LogP contribution is 2.37. The van der Waals surface area contributed by atoms with Gasteiger partial charge in [-0.15, -0.1) is 0 Å². The number of carbonyl (C=O) groups is 4. The van der Waals surface area contributed by atoms with E-state index in [9.17, 15) is 24.3 Å². The molecule has 3 fully saturated rings. The predicted octanol–water partition coefficient (Wildman–Crippen LogP) is 4.55. The topological polar surface area (TPSA) is 127 Å². The van der Waals surface area contributed by atoms with E-state index in [-0.39, 0.29) is 29.6 Å². The van der Waals surface area contributed by atoms with Crippen molar-refractivity contribution in [3.63, 3.8) is 0 Å². The van der Waals surface area contributed by atoms with E-state index in [0.29, 0.717) is 63.0 Å². The Kier molecular flexibility index (Phi) is 9.85. The molecule has 1 aliphatic carbocycles. The number of hydrogen-bond donors (Lipinski definition) is 3. The van der Waals surface area contributed by atoms with Gasteiger partial charge >= 0.3 is 5.97 Å². The molecule has 0 aromatic heterocycles. The summed E-state index contributed by atoms with van der Waals surface area (Å²) in [4.78, 5) is 55.8. The summed E-state index contributed by atoms with van der Waals surface area (Å²) >= 11 is 0. The fourth-order valence-electron chi connectivity index (χ4n) is 7.15. The number of piperidine rings is 1. The molecule has 0 bridgehead atoms. The van der Waals surface area contributed by atoms with Crippen LogP contribution in [-0.4, -0.2) is 80.4 Å². The summed E-state index contributed by atoms with van der Waals surface area (Å²) in [5.74, 6) is -1.34. The summed E-state index contributed by atoms with van der Waals surface area (Å²) in [5.41, 5.74) is 0.376. The summed E-state index contributed by atoms with van der Waals surface area (Å²) in [6.45, 7) is 4.62. The Balaban J connectivity index is 1.21. The Morgan fingerprint density at radius 2 is 1.43 bits per heavy atom. The molecule has 1 saturated carbocycles. The lowest BCUT2D eigenvalue weighted by molar-refractivity contribution is -0.163. The number of nitrogens with zero attached hydrogens (tertiary/aromatic N) is 2. The SMILES string of the molecule is CCCCN1C(=O)[C@@H](CC2(O)CCCCCC2)NC(=O)C12CCN(Cc1ccc(C(=O)c3ccc(C(=O)O)cc3)cc1)CC2. The van der Waals surface area contributed by atoms with E-state index in [1.54, 1.807) is 12.1 Å². The first-order chi connectivity index (χ1) is 21.1. The molecule has 9 nitrogen and oxygen atoms in total. The number of unbranched alkanes of at least 4 members (excludes halogenated alkanes) is 1. The number of likely N-dealkylation sites (tertiary alicyclic amines) is 1. The van der Waals surface area contributed by atoms with Crippen LogP contribution < -0.4 is 5.32 Å². The highest BCUT2D eigenvalue weighted by molar-refractivity contribution is 6.09. The third-order valence-corrected chi connectivity index (χ3v) is 9.86. The van der Waals surface area contributed by atoms with Gasteiger partial charge in [0, 0.05) is 43.7 Å². The predicted molar refractivity (Wildman–Crippen MR) is 166 cm³/mol. The largest absolute Gasteiger partial charge is 0.478 e. The molecule has 236 valence electrons. The molecular weight excluding hydrogens is 558 g/mol. The third-order valence-electron chi connectivity index (χ3n) is 9.86. The van der Waals surface area contributed by atoms with Gasteiger partial charge in [-0.2, -0.15) is 0 Å². The molecule has 3 N–H and O–H groups in total. The average molecular weight is 604 g/mol. The van der Waals surface area contributed by atoms with E-state index >= 15 is 0 Å². The number of carboxylic acids is 1. The zero-order chi connectivity index (χ0) is 31.3. The number of rotatable bonds is 10. The molecular formula is C35H45N3O6. The molecule has 3 aliphatic rings.